The highest BCUT2D eigenvalue weighted by atomic mass is 32.2. The lowest BCUT2D eigenvalue weighted by molar-refractivity contribution is -0.119. The summed E-state index contributed by atoms with van der Waals surface area (Å²) in [6.07, 6.45) is 0. The Kier molecular flexibility index (Phi) is 6.50. The molecule has 0 aromatic heterocycles. The van der Waals surface area contributed by atoms with Crippen molar-refractivity contribution in [3.63, 3.8) is 0 Å². The lowest BCUT2D eigenvalue weighted by Gasteiger charge is -2.17. The highest BCUT2D eigenvalue weighted by molar-refractivity contribution is 7.99. The molecule has 1 N–H and O–H groups in total. The number of benzene rings is 2. The van der Waals surface area contributed by atoms with Crippen LogP contribution in [-0.4, -0.2) is 11.7 Å². The highest BCUT2D eigenvalue weighted by Crippen LogP contribution is 2.19. The molecule has 0 aliphatic rings. The largest absolute Gasteiger partial charge is 0.349 e. The van der Waals surface area contributed by atoms with Gasteiger partial charge in [0.15, 0.2) is 0 Å². The van der Waals surface area contributed by atoms with Crippen molar-refractivity contribution in [1.82, 2.24) is 5.32 Å². The van der Waals surface area contributed by atoms with E-state index in [1.165, 1.54) is 33.4 Å². The van der Waals surface area contributed by atoms with Gasteiger partial charge in [-0.15, -0.1) is 11.8 Å². The Morgan fingerprint density at radius 3 is 2.29 bits per heavy atom. The molecule has 0 heterocycles. The van der Waals surface area contributed by atoms with Crippen LogP contribution in [0.25, 0.3) is 0 Å². The Labute approximate surface area is 150 Å². The SMILES string of the molecule is Cc1cc(C)cc(CSCC(=O)NC(C)c2ccc(C)cc2C)c1. The maximum absolute atomic E-state index is 12.2. The fraction of sp³-hybridized carbons (Fsp3) is 0.381. The van der Waals surface area contributed by atoms with Gasteiger partial charge in [0, 0.05) is 5.75 Å². The quantitative estimate of drug-likeness (QED) is 0.798. The fourth-order valence-electron chi connectivity index (χ4n) is 3.09. The van der Waals surface area contributed by atoms with E-state index in [1.54, 1.807) is 11.8 Å². The molecule has 0 bridgehead atoms. The van der Waals surface area contributed by atoms with Crippen molar-refractivity contribution in [2.45, 2.75) is 46.4 Å². The van der Waals surface area contributed by atoms with Crippen molar-refractivity contribution in [2.24, 2.45) is 0 Å². The van der Waals surface area contributed by atoms with Gasteiger partial charge in [-0.3, -0.25) is 4.79 Å². The molecule has 0 aliphatic heterocycles. The molecule has 1 atom stereocenters. The van der Waals surface area contributed by atoms with Gasteiger partial charge in [-0.25, -0.2) is 0 Å². The van der Waals surface area contributed by atoms with Crippen molar-refractivity contribution in [3.05, 3.63) is 69.8 Å². The predicted octanol–water partition coefficient (Wildman–Crippen LogP) is 5.03. The highest BCUT2D eigenvalue weighted by Gasteiger charge is 2.11. The molecule has 2 rings (SSSR count). The Morgan fingerprint density at radius 2 is 1.67 bits per heavy atom. The van der Waals surface area contributed by atoms with Gasteiger partial charge >= 0.3 is 0 Å². The van der Waals surface area contributed by atoms with Gasteiger partial charge < -0.3 is 5.32 Å². The van der Waals surface area contributed by atoms with Crippen LogP contribution in [0.5, 0.6) is 0 Å². The molecule has 3 heteroatoms. The minimum absolute atomic E-state index is 0.0416. The second-order valence-electron chi connectivity index (χ2n) is 6.64. The van der Waals surface area contributed by atoms with Gasteiger partial charge in [0.25, 0.3) is 0 Å². The normalized spacial score (nSPS) is 12.0. The van der Waals surface area contributed by atoms with E-state index in [4.69, 9.17) is 0 Å². The van der Waals surface area contributed by atoms with Crippen molar-refractivity contribution in [1.29, 1.82) is 0 Å². The van der Waals surface area contributed by atoms with Crippen LogP contribution in [-0.2, 0) is 10.5 Å². The molecule has 0 saturated carbocycles. The zero-order valence-electron chi connectivity index (χ0n) is 15.3. The number of carbonyl (C=O) groups excluding carboxylic acids is 1. The molecule has 0 spiro atoms. The Morgan fingerprint density at radius 1 is 1.00 bits per heavy atom. The molecule has 128 valence electrons. The molecule has 2 nitrogen and oxygen atoms in total. The van der Waals surface area contributed by atoms with E-state index in [0.29, 0.717) is 5.75 Å². The topological polar surface area (TPSA) is 29.1 Å². The average molecular weight is 342 g/mol. The fourth-order valence-corrected chi connectivity index (χ4v) is 3.86. The molecule has 0 aliphatic carbocycles. The van der Waals surface area contributed by atoms with Crippen LogP contribution in [0, 0.1) is 27.7 Å². The molecule has 0 radical (unpaired) electrons. The molecular weight excluding hydrogens is 314 g/mol. The average Bonchev–Trinajstić information content (AvgIpc) is 2.45. The summed E-state index contributed by atoms with van der Waals surface area (Å²) in [5.41, 5.74) is 7.50. The zero-order chi connectivity index (χ0) is 17.7. The molecule has 1 amide bonds. The van der Waals surface area contributed by atoms with Gasteiger partial charge in [-0.05, 0) is 51.3 Å². The van der Waals surface area contributed by atoms with Crippen molar-refractivity contribution in [3.8, 4) is 0 Å². The van der Waals surface area contributed by atoms with Crippen LogP contribution < -0.4 is 5.32 Å². The van der Waals surface area contributed by atoms with E-state index < -0.39 is 0 Å². The first kappa shape index (κ1) is 18.6. The summed E-state index contributed by atoms with van der Waals surface area (Å²) in [5.74, 6) is 1.45. The number of nitrogens with one attached hydrogen (secondary N) is 1. The summed E-state index contributed by atoms with van der Waals surface area (Å²) in [6, 6.07) is 13.0. The number of amides is 1. The van der Waals surface area contributed by atoms with Crippen LogP contribution in [0.3, 0.4) is 0 Å². The zero-order valence-corrected chi connectivity index (χ0v) is 16.1. The summed E-state index contributed by atoms with van der Waals surface area (Å²) in [4.78, 5) is 12.2. The van der Waals surface area contributed by atoms with E-state index in [-0.39, 0.29) is 11.9 Å². The maximum atomic E-state index is 12.2. The molecule has 2 aromatic carbocycles. The third-order valence-electron chi connectivity index (χ3n) is 4.05. The van der Waals surface area contributed by atoms with E-state index in [9.17, 15) is 4.79 Å². The summed E-state index contributed by atoms with van der Waals surface area (Å²) in [7, 11) is 0. The third-order valence-corrected chi connectivity index (χ3v) is 5.06. The summed E-state index contributed by atoms with van der Waals surface area (Å²) >= 11 is 1.66. The second kappa shape index (κ2) is 8.39. The standard InChI is InChI=1S/C21H27NOS/c1-14-6-7-20(17(4)9-14)18(5)22-21(23)13-24-12-19-10-15(2)8-16(3)11-19/h6-11,18H,12-13H2,1-5H3,(H,22,23). The number of hydrogen-bond donors (Lipinski definition) is 1. The summed E-state index contributed by atoms with van der Waals surface area (Å²) < 4.78 is 0. The van der Waals surface area contributed by atoms with Gasteiger partial charge in [0.05, 0.1) is 11.8 Å². The van der Waals surface area contributed by atoms with Crippen molar-refractivity contribution < 1.29 is 4.79 Å². The number of aryl methyl sites for hydroxylation is 4. The van der Waals surface area contributed by atoms with E-state index >= 15 is 0 Å². The Bertz CT molecular complexity index is 704. The number of thioether (sulfide) groups is 1. The first-order valence-electron chi connectivity index (χ1n) is 8.36. The number of hydrogen-bond acceptors (Lipinski definition) is 2. The van der Waals surface area contributed by atoms with E-state index in [0.717, 1.165) is 5.75 Å². The van der Waals surface area contributed by atoms with Gasteiger partial charge in [-0.2, -0.15) is 0 Å². The molecule has 1 unspecified atom stereocenters. The Hall–Kier alpha value is -1.74. The predicted molar refractivity (Wildman–Crippen MR) is 105 cm³/mol. The van der Waals surface area contributed by atoms with E-state index in [2.05, 4.69) is 69.4 Å². The smallest absolute Gasteiger partial charge is 0.230 e. The molecular formula is C21H27NOS. The maximum Gasteiger partial charge on any atom is 0.230 e. The monoisotopic (exact) mass is 341 g/mol. The van der Waals surface area contributed by atoms with Crippen LogP contribution in [0.2, 0.25) is 0 Å². The number of rotatable bonds is 6. The molecule has 0 saturated heterocycles. The lowest BCUT2D eigenvalue weighted by Crippen LogP contribution is -2.28. The third kappa shape index (κ3) is 5.41. The van der Waals surface area contributed by atoms with Crippen LogP contribution in [0.15, 0.2) is 36.4 Å². The van der Waals surface area contributed by atoms with Crippen LogP contribution in [0.1, 0.15) is 46.3 Å². The van der Waals surface area contributed by atoms with Gasteiger partial charge in [0.1, 0.15) is 0 Å². The van der Waals surface area contributed by atoms with Crippen LogP contribution in [0.4, 0.5) is 0 Å². The van der Waals surface area contributed by atoms with Crippen LogP contribution >= 0.6 is 11.8 Å². The van der Waals surface area contributed by atoms with Crippen molar-refractivity contribution in [2.75, 3.05) is 5.75 Å². The van der Waals surface area contributed by atoms with Gasteiger partial charge in [0.2, 0.25) is 5.91 Å². The van der Waals surface area contributed by atoms with Gasteiger partial charge in [-0.1, -0.05) is 53.1 Å². The first-order chi connectivity index (χ1) is 11.3. The molecule has 24 heavy (non-hydrogen) atoms. The summed E-state index contributed by atoms with van der Waals surface area (Å²) in [6.45, 7) is 10.5. The molecule has 2 aromatic rings. The number of carbonyl (C=O) groups is 1. The minimum Gasteiger partial charge on any atom is -0.349 e. The lowest BCUT2D eigenvalue weighted by atomic mass is 10.0. The Balaban J connectivity index is 1.84. The van der Waals surface area contributed by atoms with E-state index in [1.807, 2.05) is 6.92 Å². The molecule has 0 fully saturated rings. The first-order valence-corrected chi connectivity index (χ1v) is 9.52. The summed E-state index contributed by atoms with van der Waals surface area (Å²) in [5, 5.41) is 3.11. The minimum atomic E-state index is 0.0416. The van der Waals surface area contributed by atoms with Crippen molar-refractivity contribution >= 4 is 17.7 Å². The second-order valence-corrected chi connectivity index (χ2v) is 7.62.